The van der Waals surface area contributed by atoms with Crippen molar-refractivity contribution >= 4 is 33.2 Å². The Bertz CT molecular complexity index is 715. The van der Waals surface area contributed by atoms with Gasteiger partial charge in [-0.3, -0.25) is 4.79 Å². The molecule has 1 heterocycles. The van der Waals surface area contributed by atoms with Crippen LogP contribution in [0.4, 0.5) is 11.4 Å². The number of halogens is 1. The zero-order chi connectivity index (χ0) is 15.0. The number of benzene rings is 2. The summed E-state index contributed by atoms with van der Waals surface area (Å²) in [5.41, 5.74) is 8.77. The molecule has 1 amide bonds. The van der Waals surface area contributed by atoms with Crippen molar-refractivity contribution in [2.24, 2.45) is 0 Å². The molecule has 0 saturated heterocycles. The zero-order valence-electron chi connectivity index (χ0n) is 11.3. The summed E-state index contributed by atoms with van der Waals surface area (Å²) in [6, 6.07) is 10.5. The Morgan fingerprint density at radius 3 is 2.81 bits per heavy atom. The highest BCUT2D eigenvalue weighted by Gasteiger charge is 2.25. The lowest BCUT2D eigenvalue weighted by atomic mass is 10.00. The van der Waals surface area contributed by atoms with Gasteiger partial charge >= 0.3 is 0 Å². The molecule has 4 nitrogen and oxygen atoms in total. The molecule has 2 aromatic carbocycles. The molecule has 21 heavy (non-hydrogen) atoms. The molecular weight excluding hydrogens is 332 g/mol. The summed E-state index contributed by atoms with van der Waals surface area (Å²) in [7, 11) is 0. The summed E-state index contributed by atoms with van der Waals surface area (Å²) >= 11 is 3.28. The average Bonchev–Trinajstić information content (AvgIpc) is 2.45. The van der Waals surface area contributed by atoms with Crippen molar-refractivity contribution in [3.05, 3.63) is 52.0 Å². The Morgan fingerprint density at radius 1 is 1.24 bits per heavy atom. The van der Waals surface area contributed by atoms with Crippen molar-refractivity contribution < 1.29 is 9.90 Å². The van der Waals surface area contributed by atoms with E-state index >= 15 is 0 Å². The molecule has 5 heteroatoms. The van der Waals surface area contributed by atoms with E-state index in [1.165, 1.54) is 6.07 Å². The van der Waals surface area contributed by atoms with Crippen molar-refractivity contribution in [1.29, 1.82) is 0 Å². The molecule has 0 atom stereocenters. The number of carbonyl (C=O) groups excluding carboxylic acids is 1. The first-order chi connectivity index (χ1) is 10.1. The molecular formula is C16H15BrN2O2. The highest BCUT2D eigenvalue weighted by molar-refractivity contribution is 9.10. The summed E-state index contributed by atoms with van der Waals surface area (Å²) in [6.07, 6.45) is 1.80. The first kappa shape index (κ1) is 13.9. The van der Waals surface area contributed by atoms with Crippen LogP contribution < -0.4 is 10.6 Å². The number of rotatable bonds is 1. The van der Waals surface area contributed by atoms with E-state index in [-0.39, 0.29) is 11.7 Å². The van der Waals surface area contributed by atoms with Gasteiger partial charge in [-0.1, -0.05) is 15.9 Å². The first-order valence-electron chi connectivity index (χ1n) is 6.75. The summed E-state index contributed by atoms with van der Waals surface area (Å²) in [5.74, 6) is -0.206. The lowest BCUT2D eigenvalue weighted by molar-refractivity contribution is 0.0982. The van der Waals surface area contributed by atoms with Crippen LogP contribution in [0.2, 0.25) is 0 Å². The van der Waals surface area contributed by atoms with Crippen LogP contribution in [-0.4, -0.2) is 17.6 Å². The summed E-state index contributed by atoms with van der Waals surface area (Å²) in [4.78, 5) is 14.4. The molecule has 0 saturated carbocycles. The van der Waals surface area contributed by atoms with Gasteiger partial charge in [0.15, 0.2) is 0 Å². The molecule has 0 fully saturated rings. The van der Waals surface area contributed by atoms with E-state index in [0.717, 1.165) is 28.6 Å². The Morgan fingerprint density at radius 2 is 2.05 bits per heavy atom. The van der Waals surface area contributed by atoms with Crippen LogP contribution in [0.1, 0.15) is 22.3 Å². The second kappa shape index (κ2) is 5.41. The molecule has 0 spiro atoms. The van der Waals surface area contributed by atoms with E-state index in [9.17, 15) is 9.90 Å². The normalized spacial score (nSPS) is 13.9. The fourth-order valence-electron chi connectivity index (χ4n) is 2.66. The number of aryl methyl sites for hydroxylation is 1. The highest BCUT2D eigenvalue weighted by Crippen LogP contribution is 2.32. The average molecular weight is 347 g/mol. The van der Waals surface area contributed by atoms with E-state index in [1.807, 2.05) is 12.1 Å². The zero-order valence-corrected chi connectivity index (χ0v) is 12.9. The van der Waals surface area contributed by atoms with Crippen molar-refractivity contribution in [3.63, 3.8) is 0 Å². The topological polar surface area (TPSA) is 66.6 Å². The summed E-state index contributed by atoms with van der Waals surface area (Å²) in [5, 5.41) is 9.99. The van der Waals surface area contributed by atoms with E-state index in [0.29, 0.717) is 17.8 Å². The second-order valence-corrected chi connectivity index (χ2v) is 6.03. The van der Waals surface area contributed by atoms with Crippen molar-refractivity contribution in [2.45, 2.75) is 12.8 Å². The van der Waals surface area contributed by atoms with E-state index in [2.05, 4.69) is 15.9 Å². The van der Waals surface area contributed by atoms with Gasteiger partial charge in [0.1, 0.15) is 5.75 Å². The molecule has 0 radical (unpaired) electrons. The Hall–Kier alpha value is -2.01. The molecule has 0 aliphatic carbocycles. The van der Waals surface area contributed by atoms with Gasteiger partial charge in [-0.25, -0.2) is 0 Å². The van der Waals surface area contributed by atoms with Crippen LogP contribution in [0, 0.1) is 0 Å². The number of hydrogen-bond acceptors (Lipinski definition) is 3. The minimum Gasteiger partial charge on any atom is -0.507 e. The van der Waals surface area contributed by atoms with E-state index in [1.54, 1.807) is 23.1 Å². The van der Waals surface area contributed by atoms with Gasteiger partial charge in [0, 0.05) is 22.4 Å². The predicted octanol–water partition coefficient (Wildman–Crippen LogP) is 3.33. The molecule has 0 unspecified atom stereocenters. The maximum atomic E-state index is 12.7. The minimum atomic E-state index is -0.189. The first-order valence-corrected chi connectivity index (χ1v) is 7.54. The number of nitrogen functional groups attached to an aromatic ring is 1. The van der Waals surface area contributed by atoms with Crippen LogP contribution in [0.5, 0.6) is 5.75 Å². The van der Waals surface area contributed by atoms with Gasteiger partial charge < -0.3 is 15.7 Å². The maximum absolute atomic E-state index is 12.7. The van der Waals surface area contributed by atoms with Crippen molar-refractivity contribution in [3.8, 4) is 5.75 Å². The number of anilines is 2. The quantitative estimate of drug-likeness (QED) is 0.778. The number of fused-ring (bicyclic) bond motifs is 1. The monoisotopic (exact) mass is 346 g/mol. The van der Waals surface area contributed by atoms with Gasteiger partial charge in [-0.15, -0.1) is 0 Å². The number of hydrogen-bond donors (Lipinski definition) is 2. The third kappa shape index (κ3) is 2.61. The van der Waals surface area contributed by atoms with Crippen LogP contribution in [0.25, 0.3) is 0 Å². The lowest BCUT2D eigenvalue weighted by Gasteiger charge is -2.30. The molecule has 108 valence electrons. The molecule has 2 aromatic rings. The van der Waals surface area contributed by atoms with Crippen LogP contribution in [0.15, 0.2) is 40.9 Å². The summed E-state index contributed by atoms with van der Waals surface area (Å²) < 4.78 is 0.739. The molecule has 1 aliphatic rings. The van der Waals surface area contributed by atoms with Crippen LogP contribution >= 0.6 is 15.9 Å². The second-order valence-electron chi connectivity index (χ2n) is 5.11. The fraction of sp³-hybridized carbons (Fsp3) is 0.188. The Kier molecular flexibility index (Phi) is 3.59. The fourth-order valence-corrected chi connectivity index (χ4v) is 3.01. The molecule has 0 bridgehead atoms. The SMILES string of the molecule is Nc1ccc2c(c1)CCCN2C(=O)c1ccc(Br)cc1O. The predicted molar refractivity (Wildman–Crippen MR) is 86.7 cm³/mol. The minimum absolute atomic E-state index is 0.0167. The molecule has 3 N–H and O–H groups in total. The largest absolute Gasteiger partial charge is 0.507 e. The molecule has 0 aromatic heterocycles. The number of nitrogens with two attached hydrogens (primary N) is 1. The number of phenols is 1. The van der Waals surface area contributed by atoms with Gasteiger partial charge in [0.05, 0.1) is 5.56 Å². The standard InChI is InChI=1S/C16H15BrN2O2/c17-11-3-5-13(15(20)9-11)16(21)19-7-1-2-10-8-12(18)4-6-14(10)19/h3-6,8-9,20H,1-2,7,18H2. The smallest absolute Gasteiger partial charge is 0.262 e. The van der Waals surface area contributed by atoms with Crippen molar-refractivity contribution in [1.82, 2.24) is 0 Å². The molecule has 3 rings (SSSR count). The summed E-state index contributed by atoms with van der Waals surface area (Å²) in [6.45, 7) is 0.644. The number of aromatic hydroxyl groups is 1. The van der Waals surface area contributed by atoms with Gasteiger partial charge in [-0.05, 0) is 54.8 Å². The Balaban J connectivity index is 2.00. The van der Waals surface area contributed by atoms with Crippen molar-refractivity contribution in [2.75, 3.05) is 17.2 Å². The third-order valence-electron chi connectivity index (χ3n) is 3.66. The van der Waals surface area contributed by atoms with Crippen LogP contribution in [0.3, 0.4) is 0 Å². The number of carbonyl (C=O) groups is 1. The van der Waals surface area contributed by atoms with E-state index < -0.39 is 0 Å². The highest BCUT2D eigenvalue weighted by atomic mass is 79.9. The van der Waals surface area contributed by atoms with Gasteiger partial charge in [0.2, 0.25) is 0 Å². The number of phenolic OH excluding ortho intramolecular Hbond substituents is 1. The van der Waals surface area contributed by atoms with Gasteiger partial charge in [-0.2, -0.15) is 0 Å². The van der Waals surface area contributed by atoms with E-state index in [4.69, 9.17) is 5.73 Å². The number of amides is 1. The number of nitrogens with zero attached hydrogens (tertiary/aromatic N) is 1. The maximum Gasteiger partial charge on any atom is 0.262 e. The Labute approximate surface area is 131 Å². The van der Waals surface area contributed by atoms with Gasteiger partial charge in [0.25, 0.3) is 5.91 Å². The third-order valence-corrected chi connectivity index (χ3v) is 4.15. The van der Waals surface area contributed by atoms with Crippen LogP contribution in [-0.2, 0) is 6.42 Å². The lowest BCUT2D eigenvalue weighted by Crippen LogP contribution is -2.35. The molecule has 1 aliphatic heterocycles.